The molecule has 0 amide bonds. The zero-order valence-corrected chi connectivity index (χ0v) is 12.5. The predicted octanol–water partition coefficient (Wildman–Crippen LogP) is 3.40. The maximum atomic E-state index is 9.80. The van der Waals surface area contributed by atoms with E-state index in [9.17, 15) is 5.11 Å². The van der Waals surface area contributed by atoms with Crippen molar-refractivity contribution < 1.29 is 15.3 Å². The summed E-state index contributed by atoms with van der Waals surface area (Å²) in [5.74, 6) is 0. The molecule has 0 aromatic heterocycles. The van der Waals surface area contributed by atoms with Crippen molar-refractivity contribution >= 4 is 0 Å². The Labute approximate surface area is 119 Å². The summed E-state index contributed by atoms with van der Waals surface area (Å²) in [7, 11) is 0. The van der Waals surface area contributed by atoms with Gasteiger partial charge in [-0.3, -0.25) is 0 Å². The molecule has 116 valence electrons. The average Bonchev–Trinajstić information content (AvgIpc) is 2.41. The van der Waals surface area contributed by atoms with Gasteiger partial charge in [0.1, 0.15) is 0 Å². The summed E-state index contributed by atoms with van der Waals surface area (Å²) in [6.07, 6.45) is 14.1. The van der Waals surface area contributed by atoms with Crippen LogP contribution in [-0.4, -0.2) is 34.6 Å². The van der Waals surface area contributed by atoms with Gasteiger partial charge in [-0.1, -0.05) is 57.8 Å². The van der Waals surface area contributed by atoms with Crippen LogP contribution in [0.2, 0.25) is 0 Å². The molecule has 0 aliphatic heterocycles. The standard InChI is InChI=1S/C16H34O3/c17-14-10-6-3-1-2-4-8-12-16(19)13-9-5-7-11-15-18/h16-19H,1-15H2. The molecule has 3 nitrogen and oxygen atoms in total. The first-order chi connectivity index (χ1) is 9.31. The number of rotatable bonds is 15. The van der Waals surface area contributed by atoms with E-state index in [0.717, 1.165) is 57.8 Å². The fraction of sp³-hybridized carbons (Fsp3) is 1.00. The van der Waals surface area contributed by atoms with Crippen molar-refractivity contribution in [1.82, 2.24) is 0 Å². The first-order valence-corrected chi connectivity index (χ1v) is 8.21. The number of hydrogen-bond donors (Lipinski definition) is 3. The van der Waals surface area contributed by atoms with Crippen molar-refractivity contribution in [2.24, 2.45) is 0 Å². The molecule has 0 saturated carbocycles. The van der Waals surface area contributed by atoms with E-state index < -0.39 is 0 Å². The molecule has 0 bridgehead atoms. The molecular formula is C16H34O3. The van der Waals surface area contributed by atoms with Crippen LogP contribution in [0.15, 0.2) is 0 Å². The summed E-state index contributed by atoms with van der Waals surface area (Å²) in [4.78, 5) is 0. The molecule has 0 heterocycles. The SMILES string of the molecule is OCCCCCCCCCC(O)CCCCCCO. The highest BCUT2D eigenvalue weighted by molar-refractivity contribution is 4.57. The minimum atomic E-state index is -0.122. The van der Waals surface area contributed by atoms with Crippen molar-refractivity contribution in [2.75, 3.05) is 13.2 Å². The van der Waals surface area contributed by atoms with Gasteiger partial charge in [-0.25, -0.2) is 0 Å². The third-order valence-corrected chi connectivity index (χ3v) is 3.64. The van der Waals surface area contributed by atoms with E-state index >= 15 is 0 Å². The highest BCUT2D eigenvalue weighted by Gasteiger charge is 2.03. The van der Waals surface area contributed by atoms with E-state index in [2.05, 4.69) is 0 Å². The second-order valence-corrected chi connectivity index (χ2v) is 5.57. The van der Waals surface area contributed by atoms with Gasteiger partial charge in [0.2, 0.25) is 0 Å². The minimum absolute atomic E-state index is 0.122. The van der Waals surface area contributed by atoms with Gasteiger partial charge in [0.15, 0.2) is 0 Å². The lowest BCUT2D eigenvalue weighted by Gasteiger charge is -2.10. The van der Waals surface area contributed by atoms with Gasteiger partial charge < -0.3 is 15.3 Å². The molecule has 19 heavy (non-hydrogen) atoms. The lowest BCUT2D eigenvalue weighted by molar-refractivity contribution is 0.147. The van der Waals surface area contributed by atoms with Crippen molar-refractivity contribution in [2.45, 2.75) is 89.6 Å². The molecule has 3 heteroatoms. The van der Waals surface area contributed by atoms with E-state index in [1.807, 2.05) is 0 Å². The molecule has 0 rings (SSSR count). The van der Waals surface area contributed by atoms with Crippen LogP contribution in [0.1, 0.15) is 83.5 Å². The Morgan fingerprint density at radius 3 is 1.16 bits per heavy atom. The third-order valence-electron chi connectivity index (χ3n) is 3.64. The smallest absolute Gasteiger partial charge is 0.0540 e. The van der Waals surface area contributed by atoms with Crippen LogP contribution in [0.25, 0.3) is 0 Å². The van der Waals surface area contributed by atoms with Crippen LogP contribution in [0.4, 0.5) is 0 Å². The van der Waals surface area contributed by atoms with E-state index in [-0.39, 0.29) is 6.10 Å². The Kier molecular flexibility index (Phi) is 15.8. The van der Waals surface area contributed by atoms with Gasteiger partial charge in [-0.15, -0.1) is 0 Å². The molecule has 0 saturated heterocycles. The summed E-state index contributed by atoms with van der Waals surface area (Å²) in [6.45, 7) is 0.616. The zero-order valence-electron chi connectivity index (χ0n) is 12.5. The molecule has 0 spiro atoms. The van der Waals surface area contributed by atoms with Crippen molar-refractivity contribution in [3.8, 4) is 0 Å². The highest BCUT2D eigenvalue weighted by Crippen LogP contribution is 2.13. The average molecular weight is 274 g/mol. The van der Waals surface area contributed by atoms with Gasteiger partial charge in [0.05, 0.1) is 6.10 Å². The summed E-state index contributed by atoms with van der Waals surface area (Å²) >= 11 is 0. The monoisotopic (exact) mass is 274 g/mol. The van der Waals surface area contributed by atoms with Crippen LogP contribution in [0.3, 0.4) is 0 Å². The number of unbranched alkanes of at least 4 members (excludes halogenated alkanes) is 9. The Bertz CT molecular complexity index is 162. The molecule has 0 fully saturated rings. The van der Waals surface area contributed by atoms with Gasteiger partial charge in [0, 0.05) is 13.2 Å². The number of hydrogen-bond acceptors (Lipinski definition) is 3. The molecule has 0 aromatic carbocycles. The summed E-state index contributed by atoms with van der Waals surface area (Å²) in [5, 5.41) is 27.1. The van der Waals surface area contributed by atoms with Gasteiger partial charge >= 0.3 is 0 Å². The van der Waals surface area contributed by atoms with Crippen LogP contribution < -0.4 is 0 Å². The lowest BCUT2D eigenvalue weighted by atomic mass is 10.0. The summed E-state index contributed by atoms with van der Waals surface area (Å²) in [6, 6.07) is 0. The van der Waals surface area contributed by atoms with Crippen LogP contribution in [0, 0.1) is 0 Å². The normalized spacial score (nSPS) is 12.8. The van der Waals surface area contributed by atoms with Gasteiger partial charge in [-0.2, -0.15) is 0 Å². The van der Waals surface area contributed by atoms with E-state index in [1.165, 1.54) is 25.7 Å². The first kappa shape index (κ1) is 18.9. The van der Waals surface area contributed by atoms with Crippen molar-refractivity contribution in [3.05, 3.63) is 0 Å². The van der Waals surface area contributed by atoms with Crippen LogP contribution >= 0.6 is 0 Å². The molecule has 1 atom stereocenters. The summed E-state index contributed by atoms with van der Waals surface area (Å²) in [5.41, 5.74) is 0. The zero-order chi connectivity index (χ0) is 14.2. The Morgan fingerprint density at radius 2 is 0.789 bits per heavy atom. The Balaban J connectivity index is 3.09. The maximum Gasteiger partial charge on any atom is 0.0540 e. The molecule has 0 aromatic rings. The van der Waals surface area contributed by atoms with Gasteiger partial charge in [-0.05, 0) is 25.7 Å². The molecule has 1 unspecified atom stereocenters. The second kappa shape index (κ2) is 15.9. The molecule has 3 N–H and O–H groups in total. The van der Waals surface area contributed by atoms with E-state index in [0.29, 0.717) is 13.2 Å². The molecule has 0 aliphatic carbocycles. The van der Waals surface area contributed by atoms with E-state index in [1.54, 1.807) is 0 Å². The molecule has 0 aliphatic rings. The quantitative estimate of drug-likeness (QED) is 0.401. The molecule has 0 radical (unpaired) electrons. The van der Waals surface area contributed by atoms with Crippen LogP contribution in [0.5, 0.6) is 0 Å². The maximum absolute atomic E-state index is 9.80. The fourth-order valence-corrected chi connectivity index (χ4v) is 2.37. The molecular weight excluding hydrogens is 240 g/mol. The minimum Gasteiger partial charge on any atom is -0.396 e. The predicted molar refractivity (Wildman–Crippen MR) is 80.2 cm³/mol. The number of aliphatic hydroxyl groups excluding tert-OH is 3. The first-order valence-electron chi connectivity index (χ1n) is 8.21. The Hall–Kier alpha value is -0.120. The number of aliphatic hydroxyl groups is 3. The third kappa shape index (κ3) is 15.8. The second-order valence-electron chi connectivity index (χ2n) is 5.57. The lowest BCUT2D eigenvalue weighted by Crippen LogP contribution is -2.06. The van der Waals surface area contributed by atoms with E-state index in [4.69, 9.17) is 10.2 Å². The Morgan fingerprint density at radius 1 is 0.474 bits per heavy atom. The van der Waals surface area contributed by atoms with Crippen LogP contribution in [-0.2, 0) is 0 Å². The largest absolute Gasteiger partial charge is 0.396 e. The van der Waals surface area contributed by atoms with Crippen molar-refractivity contribution in [1.29, 1.82) is 0 Å². The fourth-order valence-electron chi connectivity index (χ4n) is 2.37. The topological polar surface area (TPSA) is 60.7 Å². The van der Waals surface area contributed by atoms with Crippen molar-refractivity contribution in [3.63, 3.8) is 0 Å². The summed E-state index contributed by atoms with van der Waals surface area (Å²) < 4.78 is 0. The highest BCUT2D eigenvalue weighted by atomic mass is 16.3. The van der Waals surface area contributed by atoms with Gasteiger partial charge in [0.25, 0.3) is 0 Å².